The number of carbonyl (C=O) groups excluding carboxylic acids is 1. The van der Waals surface area contributed by atoms with Gasteiger partial charge in [0.1, 0.15) is 6.26 Å². The molecule has 1 atom stereocenters. The lowest BCUT2D eigenvalue weighted by Gasteiger charge is -2.16. The Morgan fingerprint density at radius 2 is 2.14 bits per heavy atom. The molecule has 7 heteroatoms. The first-order valence-corrected chi connectivity index (χ1v) is 6.82. The summed E-state index contributed by atoms with van der Waals surface area (Å²) >= 11 is 0. The molecule has 0 aliphatic carbocycles. The van der Waals surface area contributed by atoms with E-state index in [-0.39, 0.29) is 17.5 Å². The lowest BCUT2D eigenvalue weighted by Crippen LogP contribution is -2.28. The van der Waals surface area contributed by atoms with Gasteiger partial charge in [-0.15, -0.1) is 0 Å². The monoisotopic (exact) mass is 310 g/mol. The number of benzene rings is 1. The topological polar surface area (TPSA) is 46.3 Å². The molecular weight excluding hydrogens is 297 g/mol. The molecule has 116 valence electrons. The molecule has 22 heavy (non-hydrogen) atoms. The molecule has 1 aliphatic rings. The third kappa shape index (κ3) is 2.84. The minimum Gasteiger partial charge on any atom is -0.364 e. The fraction of sp³-hybridized carbons (Fsp3) is 0.333. The number of halogens is 3. The quantitative estimate of drug-likeness (QED) is 0.855. The Kier molecular flexibility index (Phi) is 3.64. The van der Waals surface area contributed by atoms with Crippen LogP contribution in [0.15, 0.2) is 41.1 Å². The lowest BCUT2D eigenvalue weighted by molar-refractivity contribution is -0.137. The molecular formula is C15H13F3N2O2. The zero-order valence-electron chi connectivity index (χ0n) is 11.5. The molecule has 0 radical (unpaired) electrons. The van der Waals surface area contributed by atoms with Crippen molar-refractivity contribution in [3.63, 3.8) is 0 Å². The van der Waals surface area contributed by atoms with E-state index < -0.39 is 11.7 Å². The van der Waals surface area contributed by atoms with Crippen LogP contribution in [0.5, 0.6) is 0 Å². The average molecular weight is 310 g/mol. The van der Waals surface area contributed by atoms with Gasteiger partial charge in [0.25, 0.3) is 5.91 Å². The first-order chi connectivity index (χ1) is 10.4. The number of hydrogen-bond acceptors (Lipinski definition) is 3. The Balaban J connectivity index is 1.74. The summed E-state index contributed by atoms with van der Waals surface area (Å²) in [6, 6.07) is 6.76. The molecule has 1 amide bonds. The Morgan fingerprint density at radius 1 is 1.32 bits per heavy atom. The summed E-state index contributed by atoms with van der Waals surface area (Å²) in [4.78, 5) is 13.7. The van der Waals surface area contributed by atoms with Crippen molar-refractivity contribution in [2.45, 2.75) is 18.5 Å². The van der Waals surface area contributed by atoms with Gasteiger partial charge in [-0.1, -0.05) is 23.4 Å². The predicted octanol–water partition coefficient (Wildman–Crippen LogP) is 3.32. The van der Waals surface area contributed by atoms with Crippen molar-refractivity contribution in [2.75, 3.05) is 13.1 Å². The van der Waals surface area contributed by atoms with Crippen molar-refractivity contribution in [2.24, 2.45) is 0 Å². The molecule has 2 heterocycles. The van der Waals surface area contributed by atoms with E-state index in [1.54, 1.807) is 11.0 Å². The summed E-state index contributed by atoms with van der Waals surface area (Å²) in [5, 5.41) is 3.59. The maximum atomic E-state index is 12.8. The molecule has 2 aromatic rings. The van der Waals surface area contributed by atoms with Crippen molar-refractivity contribution in [1.82, 2.24) is 10.1 Å². The third-order valence-corrected chi connectivity index (χ3v) is 3.82. The first kappa shape index (κ1) is 14.6. The van der Waals surface area contributed by atoms with Crippen molar-refractivity contribution in [3.05, 3.63) is 53.4 Å². The van der Waals surface area contributed by atoms with Crippen LogP contribution < -0.4 is 0 Å². The number of amides is 1. The molecule has 0 spiro atoms. The van der Waals surface area contributed by atoms with Crippen LogP contribution in [0.4, 0.5) is 13.2 Å². The van der Waals surface area contributed by atoms with Gasteiger partial charge in [0.05, 0.1) is 5.56 Å². The predicted molar refractivity (Wildman–Crippen MR) is 71.2 cm³/mol. The highest BCUT2D eigenvalue weighted by Gasteiger charge is 2.33. The van der Waals surface area contributed by atoms with Gasteiger partial charge >= 0.3 is 6.18 Å². The fourth-order valence-corrected chi connectivity index (χ4v) is 2.67. The normalized spacial score (nSPS) is 18.7. The Labute approximate surface area is 124 Å². The van der Waals surface area contributed by atoms with E-state index in [4.69, 9.17) is 0 Å². The molecule has 3 rings (SSSR count). The Morgan fingerprint density at radius 3 is 2.82 bits per heavy atom. The van der Waals surface area contributed by atoms with Crippen LogP contribution in [-0.2, 0) is 6.18 Å². The van der Waals surface area contributed by atoms with Gasteiger partial charge in [-0.2, -0.15) is 13.2 Å². The highest BCUT2D eigenvalue weighted by Crippen LogP contribution is 2.34. The SMILES string of the molecule is O=C(c1ccon1)N1CC[C@@H](c2cccc(C(F)(F)F)c2)C1. The highest BCUT2D eigenvalue weighted by molar-refractivity contribution is 5.92. The van der Waals surface area contributed by atoms with E-state index in [2.05, 4.69) is 9.68 Å². The summed E-state index contributed by atoms with van der Waals surface area (Å²) < 4.78 is 42.9. The van der Waals surface area contributed by atoms with Crippen LogP contribution in [-0.4, -0.2) is 29.1 Å². The highest BCUT2D eigenvalue weighted by atomic mass is 19.4. The molecule has 1 fully saturated rings. The van der Waals surface area contributed by atoms with Crippen molar-refractivity contribution < 1.29 is 22.5 Å². The van der Waals surface area contributed by atoms with Crippen molar-refractivity contribution in [3.8, 4) is 0 Å². The number of aromatic nitrogens is 1. The van der Waals surface area contributed by atoms with E-state index in [1.165, 1.54) is 18.4 Å². The van der Waals surface area contributed by atoms with Gasteiger partial charge in [0, 0.05) is 25.1 Å². The molecule has 0 bridgehead atoms. The first-order valence-electron chi connectivity index (χ1n) is 6.82. The second-order valence-electron chi connectivity index (χ2n) is 5.24. The van der Waals surface area contributed by atoms with Crippen LogP contribution in [0.1, 0.15) is 34.0 Å². The van der Waals surface area contributed by atoms with Gasteiger partial charge in [0.15, 0.2) is 5.69 Å². The fourth-order valence-electron chi connectivity index (χ4n) is 2.67. The zero-order valence-corrected chi connectivity index (χ0v) is 11.5. The number of hydrogen-bond donors (Lipinski definition) is 0. The minimum absolute atomic E-state index is 0.0989. The van der Waals surface area contributed by atoms with Crippen LogP contribution in [0, 0.1) is 0 Å². The lowest BCUT2D eigenvalue weighted by atomic mass is 9.96. The number of likely N-dealkylation sites (tertiary alicyclic amines) is 1. The molecule has 1 aromatic heterocycles. The average Bonchev–Trinajstić information content (AvgIpc) is 3.17. The van der Waals surface area contributed by atoms with E-state index in [1.807, 2.05) is 0 Å². The second-order valence-corrected chi connectivity index (χ2v) is 5.24. The summed E-state index contributed by atoms with van der Waals surface area (Å²) in [6.07, 6.45) is -2.41. The Hall–Kier alpha value is -2.31. The van der Waals surface area contributed by atoms with E-state index in [0.717, 1.165) is 12.1 Å². The number of nitrogens with zero attached hydrogens (tertiary/aromatic N) is 2. The second kappa shape index (κ2) is 5.47. The molecule has 1 saturated heterocycles. The third-order valence-electron chi connectivity index (χ3n) is 3.82. The zero-order chi connectivity index (χ0) is 15.7. The van der Waals surface area contributed by atoms with Crippen molar-refractivity contribution >= 4 is 5.91 Å². The molecule has 0 saturated carbocycles. The van der Waals surface area contributed by atoms with Gasteiger partial charge in [-0.05, 0) is 18.1 Å². The van der Waals surface area contributed by atoms with Crippen LogP contribution >= 0.6 is 0 Å². The van der Waals surface area contributed by atoms with E-state index in [0.29, 0.717) is 25.1 Å². The summed E-state index contributed by atoms with van der Waals surface area (Å²) in [5.41, 5.74) is 0.154. The van der Waals surface area contributed by atoms with Crippen LogP contribution in [0.2, 0.25) is 0 Å². The van der Waals surface area contributed by atoms with Crippen LogP contribution in [0.25, 0.3) is 0 Å². The summed E-state index contributed by atoms with van der Waals surface area (Å²) in [5.74, 6) is -0.360. The summed E-state index contributed by atoms with van der Waals surface area (Å²) in [6.45, 7) is 0.875. The van der Waals surface area contributed by atoms with Gasteiger partial charge < -0.3 is 9.42 Å². The van der Waals surface area contributed by atoms with E-state index in [9.17, 15) is 18.0 Å². The van der Waals surface area contributed by atoms with Gasteiger partial charge in [-0.3, -0.25) is 4.79 Å². The van der Waals surface area contributed by atoms with E-state index >= 15 is 0 Å². The Bertz CT molecular complexity index is 668. The summed E-state index contributed by atoms with van der Waals surface area (Å²) in [7, 11) is 0. The van der Waals surface area contributed by atoms with Crippen LogP contribution in [0.3, 0.4) is 0 Å². The molecule has 1 aliphatic heterocycles. The minimum atomic E-state index is -4.36. The molecule has 1 aromatic carbocycles. The standard InChI is InChI=1S/C15H13F3N2O2/c16-15(17,18)12-3-1-2-10(8-12)11-4-6-20(9-11)14(21)13-5-7-22-19-13/h1-3,5,7-8,11H,4,6,9H2/t11-/m1/s1. The number of carbonyl (C=O) groups is 1. The molecule has 0 N–H and O–H groups in total. The maximum absolute atomic E-state index is 12.8. The maximum Gasteiger partial charge on any atom is 0.416 e. The number of alkyl halides is 3. The molecule has 4 nitrogen and oxygen atoms in total. The van der Waals surface area contributed by atoms with Crippen molar-refractivity contribution in [1.29, 1.82) is 0 Å². The van der Waals surface area contributed by atoms with Gasteiger partial charge in [0.2, 0.25) is 0 Å². The smallest absolute Gasteiger partial charge is 0.364 e. The molecule has 0 unspecified atom stereocenters. The van der Waals surface area contributed by atoms with Gasteiger partial charge in [-0.25, -0.2) is 0 Å². The number of rotatable bonds is 2. The largest absolute Gasteiger partial charge is 0.416 e.